The van der Waals surface area contributed by atoms with Crippen molar-refractivity contribution < 1.29 is 4.79 Å². The Morgan fingerprint density at radius 2 is 2.00 bits per heavy atom. The molecular weight excluding hydrogens is 244 g/mol. The monoisotopic (exact) mass is 272 g/mol. The van der Waals surface area contributed by atoms with Crippen LogP contribution in [0.15, 0.2) is 11.6 Å². The van der Waals surface area contributed by atoms with Crippen LogP contribution in [-0.4, -0.2) is 5.78 Å². The maximum atomic E-state index is 11.8. The first-order valence-corrected chi connectivity index (χ1v) is 8.82. The summed E-state index contributed by atoms with van der Waals surface area (Å²) in [7, 11) is 0. The molecule has 1 heteroatoms. The number of carbonyl (C=O) groups is 1. The van der Waals surface area contributed by atoms with E-state index in [1.54, 1.807) is 0 Å². The molecule has 4 aliphatic rings. The molecule has 6 atom stereocenters. The fourth-order valence-electron chi connectivity index (χ4n) is 6.61. The van der Waals surface area contributed by atoms with Crippen LogP contribution in [0.25, 0.3) is 0 Å². The molecule has 0 aromatic heterocycles. The van der Waals surface area contributed by atoms with Crippen LogP contribution in [-0.2, 0) is 4.79 Å². The number of rotatable bonds is 0. The number of hydrogen-bond acceptors (Lipinski definition) is 1. The van der Waals surface area contributed by atoms with E-state index in [1.807, 2.05) is 6.08 Å². The van der Waals surface area contributed by atoms with Crippen LogP contribution in [0.1, 0.15) is 65.2 Å². The van der Waals surface area contributed by atoms with Gasteiger partial charge in [0.1, 0.15) is 0 Å². The van der Waals surface area contributed by atoms with Crippen LogP contribution >= 0.6 is 0 Å². The Balaban J connectivity index is 1.66. The Morgan fingerprint density at radius 1 is 1.15 bits per heavy atom. The van der Waals surface area contributed by atoms with E-state index in [0.29, 0.717) is 17.1 Å². The number of allylic oxidation sites excluding steroid dienone is 1. The van der Waals surface area contributed by atoms with Crippen LogP contribution in [0.3, 0.4) is 0 Å². The molecule has 0 N–H and O–H groups in total. The van der Waals surface area contributed by atoms with Gasteiger partial charge >= 0.3 is 0 Å². The standard InChI is InChI=1S/C19H28O/c1-12-10-14(20)11-13-5-6-15-16(18(12)13)7-9-19(2)8-3-4-17(15)19/h11-12,15-18H,3-10H2,1-2H3/t12?,15-,16+,17+,18+,19+/m1/s1. The number of hydrogen-bond donors (Lipinski definition) is 0. The summed E-state index contributed by atoms with van der Waals surface area (Å²) in [4.78, 5) is 11.8. The molecule has 1 nitrogen and oxygen atoms in total. The second kappa shape index (κ2) is 4.45. The zero-order chi connectivity index (χ0) is 13.9. The van der Waals surface area contributed by atoms with E-state index in [4.69, 9.17) is 0 Å². The van der Waals surface area contributed by atoms with Gasteiger partial charge in [-0.25, -0.2) is 0 Å². The smallest absolute Gasteiger partial charge is 0.155 e. The van der Waals surface area contributed by atoms with Crippen LogP contribution in [0.5, 0.6) is 0 Å². The molecule has 4 aliphatic carbocycles. The SMILES string of the molecule is CC1CC(=O)C=C2CC[C@@H]3[C@H](CC[C@]4(C)CCC[C@@H]34)[C@H]21. The Labute approximate surface area is 123 Å². The maximum Gasteiger partial charge on any atom is 0.155 e. The molecule has 20 heavy (non-hydrogen) atoms. The quantitative estimate of drug-likeness (QED) is 0.621. The molecule has 0 saturated heterocycles. The van der Waals surface area contributed by atoms with Gasteiger partial charge in [0.25, 0.3) is 0 Å². The number of ketones is 1. The van der Waals surface area contributed by atoms with Crippen LogP contribution in [0, 0.1) is 35.0 Å². The van der Waals surface area contributed by atoms with E-state index in [-0.39, 0.29) is 0 Å². The largest absolute Gasteiger partial charge is 0.295 e. The van der Waals surface area contributed by atoms with E-state index in [9.17, 15) is 4.79 Å². The summed E-state index contributed by atoms with van der Waals surface area (Å²) in [5.41, 5.74) is 2.19. The summed E-state index contributed by atoms with van der Waals surface area (Å²) >= 11 is 0. The lowest BCUT2D eigenvalue weighted by molar-refractivity contribution is -0.117. The molecule has 0 amide bonds. The van der Waals surface area contributed by atoms with Crippen molar-refractivity contribution in [2.45, 2.75) is 65.2 Å². The lowest BCUT2D eigenvalue weighted by Crippen LogP contribution is -2.46. The topological polar surface area (TPSA) is 17.1 Å². The molecule has 0 spiro atoms. The third kappa shape index (κ3) is 1.77. The van der Waals surface area contributed by atoms with Crippen molar-refractivity contribution >= 4 is 5.78 Å². The average Bonchev–Trinajstić information content (AvgIpc) is 2.79. The average molecular weight is 272 g/mol. The van der Waals surface area contributed by atoms with Gasteiger partial charge in [0.2, 0.25) is 0 Å². The molecule has 0 aromatic carbocycles. The first kappa shape index (κ1) is 13.1. The molecule has 0 aliphatic heterocycles. The Kier molecular flexibility index (Phi) is 2.91. The van der Waals surface area contributed by atoms with Gasteiger partial charge in [0.05, 0.1) is 0 Å². The highest BCUT2D eigenvalue weighted by Crippen LogP contribution is 2.62. The Morgan fingerprint density at radius 3 is 2.85 bits per heavy atom. The second-order valence-corrected chi connectivity index (χ2v) is 8.45. The zero-order valence-electron chi connectivity index (χ0n) is 13.0. The molecule has 4 rings (SSSR count). The van der Waals surface area contributed by atoms with Crippen LogP contribution in [0.4, 0.5) is 0 Å². The van der Waals surface area contributed by atoms with Crippen LogP contribution in [0.2, 0.25) is 0 Å². The van der Waals surface area contributed by atoms with Crippen molar-refractivity contribution in [1.82, 2.24) is 0 Å². The van der Waals surface area contributed by atoms with Gasteiger partial charge in [-0.15, -0.1) is 0 Å². The Bertz CT molecular complexity index is 462. The lowest BCUT2D eigenvalue weighted by atomic mass is 9.51. The third-order valence-corrected chi connectivity index (χ3v) is 7.41. The van der Waals surface area contributed by atoms with Gasteiger partial charge in [-0.2, -0.15) is 0 Å². The van der Waals surface area contributed by atoms with E-state index in [1.165, 1.54) is 50.5 Å². The highest BCUT2D eigenvalue weighted by atomic mass is 16.1. The molecule has 1 unspecified atom stereocenters. The van der Waals surface area contributed by atoms with Crippen molar-refractivity contribution in [3.8, 4) is 0 Å². The van der Waals surface area contributed by atoms with Crippen molar-refractivity contribution in [2.24, 2.45) is 35.0 Å². The molecule has 3 fully saturated rings. The van der Waals surface area contributed by atoms with Crippen LogP contribution < -0.4 is 0 Å². The van der Waals surface area contributed by atoms with Crippen molar-refractivity contribution in [3.63, 3.8) is 0 Å². The van der Waals surface area contributed by atoms with Gasteiger partial charge in [-0.05, 0) is 79.6 Å². The summed E-state index contributed by atoms with van der Waals surface area (Å²) in [5, 5.41) is 0. The summed E-state index contributed by atoms with van der Waals surface area (Å²) in [6, 6.07) is 0. The zero-order valence-corrected chi connectivity index (χ0v) is 13.0. The summed E-state index contributed by atoms with van der Waals surface area (Å²) in [5.74, 6) is 4.59. The van der Waals surface area contributed by atoms with Gasteiger partial charge in [-0.3, -0.25) is 4.79 Å². The van der Waals surface area contributed by atoms with Gasteiger partial charge in [-0.1, -0.05) is 25.8 Å². The summed E-state index contributed by atoms with van der Waals surface area (Å²) in [6.07, 6.45) is 12.7. The van der Waals surface area contributed by atoms with Crippen molar-refractivity contribution in [2.75, 3.05) is 0 Å². The third-order valence-electron chi connectivity index (χ3n) is 7.41. The highest BCUT2D eigenvalue weighted by molar-refractivity contribution is 5.91. The molecule has 3 saturated carbocycles. The summed E-state index contributed by atoms with van der Waals surface area (Å²) < 4.78 is 0. The number of carbonyl (C=O) groups excluding carboxylic acids is 1. The fourth-order valence-corrected chi connectivity index (χ4v) is 6.61. The molecule has 0 bridgehead atoms. The van der Waals surface area contributed by atoms with Gasteiger partial charge in [0.15, 0.2) is 5.78 Å². The van der Waals surface area contributed by atoms with Crippen molar-refractivity contribution in [1.29, 1.82) is 0 Å². The maximum absolute atomic E-state index is 11.8. The predicted molar refractivity (Wildman–Crippen MR) is 81.3 cm³/mol. The van der Waals surface area contributed by atoms with E-state index in [0.717, 1.165) is 30.1 Å². The lowest BCUT2D eigenvalue weighted by Gasteiger charge is -2.54. The predicted octanol–water partition coefficient (Wildman–Crippen LogP) is 4.76. The van der Waals surface area contributed by atoms with Gasteiger partial charge < -0.3 is 0 Å². The first-order valence-electron chi connectivity index (χ1n) is 8.82. The minimum absolute atomic E-state index is 0.392. The second-order valence-electron chi connectivity index (χ2n) is 8.45. The number of fused-ring (bicyclic) bond motifs is 5. The Hall–Kier alpha value is -0.590. The summed E-state index contributed by atoms with van der Waals surface area (Å²) in [6.45, 7) is 4.90. The minimum atomic E-state index is 0.392. The molecule has 0 radical (unpaired) electrons. The normalized spacial score (nSPS) is 51.0. The van der Waals surface area contributed by atoms with E-state index < -0.39 is 0 Å². The van der Waals surface area contributed by atoms with Crippen molar-refractivity contribution in [3.05, 3.63) is 11.6 Å². The molecule has 110 valence electrons. The first-order chi connectivity index (χ1) is 9.58. The molecule has 0 heterocycles. The molecular formula is C19H28O. The molecule has 0 aromatic rings. The minimum Gasteiger partial charge on any atom is -0.295 e. The highest BCUT2D eigenvalue weighted by Gasteiger charge is 2.53. The van der Waals surface area contributed by atoms with Gasteiger partial charge in [0, 0.05) is 6.42 Å². The van der Waals surface area contributed by atoms with E-state index in [2.05, 4.69) is 13.8 Å². The van der Waals surface area contributed by atoms with E-state index >= 15 is 0 Å². The fraction of sp³-hybridized carbons (Fsp3) is 0.842.